The average Bonchev–Trinajstić information content (AvgIpc) is 2.58. The Hall–Kier alpha value is -1.31. The largest absolute Gasteiger partial charge is 0.545 e. The zero-order chi connectivity index (χ0) is 9.59. The van der Waals surface area contributed by atoms with Gasteiger partial charge >= 0.3 is 0 Å². The predicted molar refractivity (Wildman–Crippen MR) is 47.6 cm³/mol. The molecule has 0 aliphatic heterocycles. The molecule has 0 aromatic heterocycles. The Bertz CT molecular complexity index is 347. The highest BCUT2D eigenvalue weighted by Crippen LogP contribution is 2.47. The third-order valence-corrected chi connectivity index (χ3v) is 2.93. The van der Waals surface area contributed by atoms with E-state index < -0.39 is 5.97 Å². The molecule has 68 valence electrons. The number of carboxylic acids is 1. The van der Waals surface area contributed by atoms with Crippen LogP contribution in [0.2, 0.25) is 0 Å². The number of carboxylic acid groups (broad SMARTS) is 1. The molecule has 2 heteroatoms. The van der Waals surface area contributed by atoms with Crippen molar-refractivity contribution in [3.63, 3.8) is 0 Å². The topological polar surface area (TPSA) is 40.1 Å². The molecule has 13 heavy (non-hydrogen) atoms. The highest BCUT2D eigenvalue weighted by molar-refractivity contribution is 5.86. The number of allylic oxidation sites excluding steroid dienone is 4. The molecular formula is C11H11O2-. The second kappa shape index (κ2) is 2.59. The Kier molecular flexibility index (Phi) is 1.65. The van der Waals surface area contributed by atoms with Crippen LogP contribution in [0, 0.1) is 11.8 Å². The zero-order valence-corrected chi connectivity index (χ0v) is 7.54. The molecule has 1 fully saturated rings. The Morgan fingerprint density at radius 3 is 2.69 bits per heavy atom. The van der Waals surface area contributed by atoms with Crippen LogP contribution >= 0.6 is 0 Å². The molecule has 0 radical (unpaired) electrons. The van der Waals surface area contributed by atoms with Crippen LogP contribution in [0.15, 0.2) is 35.5 Å². The number of rotatable bonds is 1. The van der Waals surface area contributed by atoms with Gasteiger partial charge in [0, 0.05) is 11.8 Å². The molecule has 0 saturated heterocycles. The normalized spacial score (nSPS) is 34.1. The lowest BCUT2D eigenvalue weighted by molar-refractivity contribution is -0.299. The molecule has 2 aliphatic rings. The molecule has 2 unspecified atom stereocenters. The fraction of sp³-hybridized carbons (Fsp3) is 0.364. The summed E-state index contributed by atoms with van der Waals surface area (Å²) in [5, 5.41) is 10.7. The van der Waals surface area contributed by atoms with E-state index in [1.165, 1.54) is 0 Å². The summed E-state index contributed by atoms with van der Waals surface area (Å²) < 4.78 is 0. The molecular weight excluding hydrogens is 164 g/mol. The van der Waals surface area contributed by atoms with Crippen molar-refractivity contribution in [1.82, 2.24) is 0 Å². The predicted octanol–water partition coefficient (Wildman–Crippen LogP) is 0.815. The molecule has 2 atom stereocenters. The third-order valence-electron chi connectivity index (χ3n) is 2.93. The molecule has 0 N–H and O–H groups in total. The van der Waals surface area contributed by atoms with Crippen molar-refractivity contribution < 1.29 is 9.90 Å². The Morgan fingerprint density at radius 1 is 1.62 bits per heavy atom. The first-order chi connectivity index (χ1) is 6.11. The summed E-state index contributed by atoms with van der Waals surface area (Å²) in [6.45, 7) is 5.55. The number of hydrogen-bond acceptors (Lipinski definition) is 2. The summed E-state index contributed by atoms with van der Waals surface area (Å²) in [5.74, 6) is -0.610. The van der Waals surface area contributed by atoms with Crippen LogP contribution in [0.4, 0.5) is 0 Å². The van der Waals surface area contributed by atoms with Gasteiger partial charge in [-0.15, -0.1) is 0 Å². The van der Waals surface area contributed by atoms with E-state index in [4.69, 9.17) is 0 Å². The minimum Gasteiger partial charge on any atom is -0.545 e. The molecule has 2 nitrogen and oxygen atoms in total. The van der Waals surface area contributed by atoms with Crippen LogP contribution in [0.3, 0.4) is 0 Å². The smallest absolute Gasteiger partial charge is 0.0672 e. The van der Waals surface area contributed by atoms with Crippen LogP contribution in [0.5, 0.6) is 0 Å². The van der Waals surface area contributed by atoms with Gasteiger partial charge in [-0.1, -0.05) is 24.3 Å². The first kappa shape index (κ1) is 8.30. The Labute approximate surface area is 77.3 Å². The van der Waals surface area contributed by atoms with Crippen molar-refractivity contribution in [1.29, 1.82) is 0 Å². The summed E-state index contributed by atoms with van der Waals surface area (Å²) >= 11 is 0. The van der Waals surface area contributed by atoms with E-state index in [1.807, 2.05) is 6.08 Å². The zero-order valence-electron chi connectivity index (χ0n) is 7.54. The Balaban J connectivity index is 2.45. The number of carbonyl (C=O) groups is 1. The summed E-state index contributed by atoms with van der Waals surface area (Å²) in [5.41, 5.74) is 2.51. The highest BCUT2D eigenvalue weighted by Gasteiger charge is 2.36. The number of fused-ring (bicyclic) bond motifs is 2. The van der Waals surface area contributed by atoms with Crippen molar-refractivity contribution in [3.05, 3.63) is 35.5 Å². The van der Waals surface area contributed by atoms with E-state index in [9.17, 15) is 9.90 Å². The molecule has 0 aromatic carbocycles. The molecule has 0 heterocycles. The van der Waals surface area contributed by atoms with Crippen molar-refractivity contribution in [2.24, 2.45) is 11.8 Å². The van der Waals surface area contributed by atoms with E-state index in [1.54, 1.807) is 6.92 Å². The van der Waals surface area contributed by atoms with Crippen molar-refractivity contribution in [2.75, 3.05) is 0 Å². The minimum atomic E-state index is -1.05. The van der Waals surface area contributed by atoms with Gasteiger partial charge in [0.15, 0.2) is 0 Å². The second-order valence-corrected chi connectivity index (χ2v) is 3.70. The van der Waals surface area contributed by atoms with Crippen molar-refractivity contribution in [3.8, 4) is 0 Å². The van der Waals surface area contributed by atoms with Crippen molar-refractivity contribution >= 4 is 5.97 Å². The van der Waals surface area contributed by atoms with Crippen LogP contribution in [0.25, 0.3) is 0 Å². The molecule has 2 aliphatic carbocycles. The van der Waals surface area contributed by atoms with Crippen molar-refractivity contribution in [2.45, 2.75) is 13.3 Å². The van der Waals surface area contributed by atoms with E-state index in [2.05, 4.69) is 12.7 Å². The quantitative estimate of drug-likeness (QED) is 0.437. The van der Waals surface area contributed by atoms with Crippen LogP contribution in [-0.2, 0) is 4.79 Å². The molecule has 0 spiro atoms. The first-order valence-electron chi connectivity index (χ1n) is 4.39. The highest BCUT2D eigenvalue weighted by atomic mass is 16.4. The molecule has 2 bridgehead atoms. The van der Waals surface area contributed by atoms with Crippen LogP contribution < -0.4 is 5.11 Å². The third kappa shape index (κ3) is 1.05. The van der Waals surface area contributed by atoms with Gasteiger partial charge in [-0.3, -0.25) is 0 Å². The Morgan fingerprint density at radius 2 is 2.31 bits per heavy atom. The van der Waals surface area contributed by atoms with E-state index in [-0.39, 0.29) is 11.8 Å². The summed E-state index contributed by atoms with van der Waals surface area (Å²) in [4.78, 5) is 10.7. The maximum absolute atomic E-state index is 10.7. The summed E-state index contributed by atoms with van der Waals surface area (Å²) in [6.07, 6.45) is 5.01. The van der Waals surface area contributed by atoms with Gasteiger partial charge in [-0.05, 0) is 24.5 Å². The van der Waals surface area contributed by atoms with Crippen LogP contribution in [-0.4, -0.2) is 5.97 Å². The molecule has 1 saturated carbocycles. The fourth-order valence-corrected chi connectivity index (χ4v) is 2.26. The maximum atomic E-state index is 10.7. The summed E-state index contributed by atoms with van der Waals surface area (Å²) in [6, 6.07) is 0. The molecule has 2 rings (SSSR count). The lowest BCUT2D eigenvalue weighted by atomic mass is 9.98. The van der Waals surface area contributed by atoms with E-state index >= 15 is 0 Å². The lowest BCUT2D eigenvalue weighted by Gasteiger charge is -2.11. The van der Waals surface area contributed by atoms with Gasteiger partial charge in [0.2, 0.25) is 0 Å². The SMILES string of the molecule is C=C1CC2C=CC1C2=C(C)C(=O)[O-]. The first-order valence-corrected chi connectivity index (χ1v) is 4.39. The number of hydrogen-bond donors (Lipinski definition) is 0. The van der Waals surface area contributed by atoms with Gasteiger partial charge in [-0.2, -0.15) is 0 Å². The van der Waals surface area contributed by atoms with Gasteiger partial charge in [0.25, 0.3) is 0 Å². The average molecular weight is 175 g/mol. The van der Waals surface area contributed by atoms with Gasteiger partial charge < -0.3 is 9.90 Å². The number of aliphatic carboxylic acids is 1. The van der Waals surface area contributed by atoms with Crippen LogP contribution in [0.1, 0.15) is 13.3 Å². The van der Waals surface area contributed by atoms with E-state index in [0.717, 1.165) is 17.6 Å². The second-order valence-electron chi connectivity index (χ2n) is 3.70. The number of carbonyl (C=O) groups excluding carboxylic acids is 1. The fourth-order valence-electron chi connectivity index (χ4n) is 2.26. The lowest BCUT2D eigenvalue weighted by Crippen LogP contribution is -2.25. The minimum absolute atomic E-state index is 0.169. The molecule has 0 amide bonds. The van der Waals surface area contributed by atoms with E-state index in [0.29, 0.717) is 5.57 Å². The maximum Gasteiger partial charge on any atom is 0.0672 e. The van der Waals surface area contributed by atoms with Gasteiger partial charge in [0.05, 0.1) is 5.97 Å². The molecule has 0 aromatic rings. The van der Waals surface area contributed by atoms with Gasteiger partial charge in [0.1, 0.15) is 0 Å². The monoisotopic (exact) mass is 175 g/mol. The standard InChI is InChI=1S/C11H12O2/c1-6-5-8-3-4-9(6)10(8)7(2)11(12)13/h3-4,8-9H,1,5H2,2H3,(H,12,13)/p-1. The van der Waals surface area contributed by atoms with Gasteiger partial charge in [-0.25, -0.2) is 0 Å². The summed E-state index contributed by atoms with van der Waals surface area (Å²) in [7, 11) is 0.